The van der Waals surface area contributed by atoms with Crippen LogP contribution in [0.2, 0.25) is 0 Å². The van der Waals surface area contributed by atoms with E-state index in [-0.39, 0.29) is 12.3 Å². The summed E-state index contributed by atoms with van der Waals surface area (Å²) in [5, 5.41) is 3.25. The molecule has 0 aromatic carbocycles. The predicted molar refractivity (Wildman–Crippen MR) is 40.1 cm³/mol. The number of amides is 1. The van der Waals surface area contributed by atoms with Gasteiger partial charge in [0, 0.05) is 4.91 Å². The van der Waals surface area contributed by atoms with Crippen molar-refractivity contribution < 1.29 is 9.21 Å². The van der Waals surface area contributed by atoms with Crippen LogP contribution in [0.5, 0.6) is 0 Å². The normalized spacial score (nSPS) is 9.00. The third kappa shape index (κ3) is 1.77. The standard InChI is InChI=1S/C6H6N4O2/c7-6(11)5-2-1-4(12-5)3-9-10-8/h1-2H,3H2,(H2,7,11). The van der Waals surface area contributed by atoms with Crippen molar-refractivity contribution in [2.75, 3.05) is 0 Å². The van der Waals surface area contributed by atoms with Crippen LogP contribution in [0, 0.1) is 0 Å². The molecule has 6 nitrogen and oxygen atoms in total. The van der Waals surface area contributed by atoms with E-state index in [9.17, 15) is 4.79 Å². The number of rotatable bonds is 3. The second-order valence-electron chi connectivity index (χ2n) is 2.02. The number of carbonyl (C=O) groups is 1. The van der Waals surface area contributed by atoms with E-state index in [1.807, 2.05) is 0 Å². The molecule has 1 aromatic heterocycles. The molecule has 0 radical (unpaired) electrons. The van der Waals surface area contributed by atoms with E-state index in [0.717, 1.165) is 0 Å². The van der Waals surface area contributed by atoms with Gasteiger partial charge in [-0.2, -0.15) is 0 Å². The first-order valence-electron chi connectivity index (χ1n) is 3.13. The van der Waals surface area contributed by atoms with Crippen molar-refractivity contribution in [1.29, 1.82) is 0 Å². The number of nitrogens with two attached hydrogens (primary N) is 1. The molecule has 0 saturated carbocycles. The fourth-order valence-electron chi connectivity index (χ4n) is 0.697. The van der Waals surface area contributed by atoms with Gasteiger partial charge in [0.25, 0.3) is 5.91 Å². The maximum atomic E-state index is 10.5. The molecule has 1 rings (SSSR count). The predicted octanol–water partition coefficient (Wildman–Crippen LogP) is 1.19. The Morgan fingerprint density at radius 2 is 2.50 bits per heavy atom. The Hall–Kier alpha value is -1.94. The molecular weight excluding hydrogens is 160 g/mol. The lowest BCUT2D eigenvalue weighted by atomic mass is 10.4. The Morgan fingerprint density at radius 1 is 1.75 bits per heavy atom. The summed E-state index contributed by atoms with van der Waals surface area (Å²) in [6.45, 7) is 0.0871. The summed E-state index contributed by atoms with van der Waals surface area (Å²) >= 11 is 0. The zero-order valence-electron chi connectivity index (χ0n) is 6.10. The summed E-state index contributed by atoms with van der Waals surface area (Å²) in [6.07, 6.45) is 0. The van der Waals surface area contributed by atoms with Crippen LogP contribution < -0.4 is 5.73 Å². The summed E-state index contributed by atoms with van der Waals surface area (Å²) in [5.41, 5.74) is 12.9. The van der Waals surface area contributed by atoms with Crippen molar-refractivity contribution in [2.24, 2.45) is 10.8 Å². The molecule has 1 amide bonds. The first-order chi connectivity index (χ1) is 5.74. The maximum Gasteiger partial charge on any atom is 0.284 e. The number of hydrogen-bond acceptors (Lipinski definition) is 3. The molecule has 0 bridgehead atoms. The smallest absolute Gasteiger partial charge is 0.284 e. The molecule has 12 heavy (non-hydrogen) atoms. The zero-order chi connectivity index (χ0) is 8.97. The monoisotopic (exact) mass is 166 g/mol. The highest BCUT2D eigenvalue weighted by atomic mass is 16.3. The molecule has 0 atom stereocenters. The second kappa shape index (κ2) is 3.45. The number of nitrogens with zero attached hydrogens (tertiary/aromatic N) is 3. The molecule has 2 N–H and O–H groups in total. The van der Waals surface area contributed by atoms with E-state index in [4.69, 9.17) is 15.7 Å². The van der Waals surface area contributed by atoms with Gasteiger partial charge in [0.2, 0.25) is 0 Å². The SMILES string of the molecule is [N-]=[N+]=NCc1ccc(C(N)=O)o1. The first kappa shape index (κ1) is 8.16. The fraction of sp³-hybridized carbons (Fsp3) is 0.167. The third-order valence-corrected chi connectivity index (χ3v) is 1.19. The van der Waals surface area contributed by atoms with E-state index >= 15 is 0 Å². The minimum Gasteiger partial charge on any atom is -0.456 e. The molecule has 6 heteroatoms. The van der Waals surface area contributed by atoms with Crippen molar-refractivity contribution in [3.63, 3.8) is 0 Å². The van der Waals surface area contributed by atoms with Crippen molar-refractivity contribution >= 4 is 5.91 Å². The Bertz CT molecular complexity index is 337. The van der Waals surface area contributed by atoms with Gasteiger partial charge < -0.3 is 10.2 Å². The molecule has 0 spiro atoms. The molecule has 0 aliphatic heterocycles. The van der Waals surface area contributed by atoms with Crippen LogP contribution in [0.4, 0.5) is 0 Å². The molecule has 0 unspecified atom stereocenters. The quantitative estimate of drug-likeness (QED) is 0.413. The van der Waals surface area contributed by atoms with Gasteiger partial charge in [-0.1, -0.05) is 5.11 Å². The van der Waals surface area contributed by atoms with Gasteiger partial charge >= 0.3 is 0 Å². The van der Waals surface area contributed by atoms with E-state index < -0.39 is 5.91 Å². The minimum atomic E-state index is -0.637. The van der Waals surface area contributed by atoms with Crippen LogP contribution in [-0.2, 0) is 6.54 Å². The lowest BCUT2D eigenvalue weighted by Gasteiger charge is -1.86. The molecule has 0 saturated heterocycles. The lowest BCUT2D eigenvalue weighted by Crippen LogP contribution is -2.09. The van der Waals surface area contributed by atoms with Crippen LogP contribution in [0.3, 0.4) is 0 Å². The number of azide groups is 1. The molecule has 1 aromatic rings. The van der Waals surface area contributed by atoms with E-state index in [0.29, 0.717) is 5.76 Å². The van der Waals surface area contributed by atoms with Crippen LogP contribution in [0.15, 0.2) is 21.7 Å². The van der Waals surface area contributed by atoms with Crippen molar-refractivity contribution in [3.8, 4) is 0 Å². The average molecular weight is 166 g/mol. The second-order valence-corrected chi connectivity index (χ2v) is 2.02. The van der Waals surface area contributed by atoms with Gasteiger partial charge in [-0.25, -0.2) is 0 Å². The number of primary amides is 1. The van der Waals surface area contributed by atoms with Gasteiger partial charge in [-0.15, -0.1) is 0 Å². The summed E-state index contributed by atoms with van der Waals surface area (Å²) in [4.78, 5) is 13.0. The van der Waals surface area contributed by atoms with Gasteiger partial charge in [-0.3, -0.25) is 4.79 Å². The molecule has 62 valence electrons. The molecule has 0 aliphatic rings. The van der Waals surface area contributed by atoms with Crippen molar-refractivity contribution in [2.45, 2.75) is 6.54 Å². The van der Waals surface area contributed by atoms with Crippen LogP contribution in [-0.4, -0.2) is 5.91 Å². The number of furan rings is 1. The van der Waals surface area contributed by atoms with Gasteiger partial charge in [0.1, 0.15) is 5.76 Å². The highest BCUT2D eigenvalue weighted by molar-refractivity contribution is 5.89. The molecule has 1 heterocycles. The highest BCUT2D eigenvalue weighted by Gasteiger charge is 2.05. The van der Waals surface area contributed by atoms with E-state index in [2.05, 4.69) is 10.0 Å². The summed E-state index contributed by atoms with van der Waals surface area (Å²) in [7, 11) is 0. The molecular formula is C6H6N4O2. The van der Waals surface area contributed by atoms with Crippen molar-refractivity contribution in [1.82, 2.24) is 0 Å². The highest BCUT2D eigenvalue weighted by Crippen LogP contribution is 2.07. The average Bonchev–Trinajstić information content (AvgIpc) is 2.48. The first-order valence-corrected chi connectivity index (χ1v) is 3.13. The van der Waals surface area contributed by atoms with Gasteiger partial charge in [0.05, 0.1) is 6.54 Å². The topological polar surface area (TPSA) is 105 Å². The van der Waals surface area contributed by atoms with Crippen molar-refractivity contribution in [3.05, 3.63) is 34.1 Å². The van der Waals surface area contributed by atoms with E-state index in [1.165, 1.54) is 12.1 Å². The lowest BCUT2D eigenvalue weighted by molar-refractivity contribution is 0.0972. The third-order valence-electron chi connectivity index (χ3n) is 1.19. The van der Waals surface area contributed by atoms with Crippen LogP contribution in [0.1, 0.15) is 16.3 Å². The summed E-state index contributed by atoms with van der Waals surface area (Å²) in [5.74, 6) is -0.151. The fourth-order valence-corrected chi connectivity index (χ4v) is 0.697. The number of hydrogen-bond donors (Lipinski definition) is 1. The minimum absolute atomic E-state index is 0.0677. The van der Waals surface area contributed by atoms with Crippen LogP contribution >= 0.6 is 0 Å². The molecule has 0 aliphatic carbocycles. The maximum absolute atomic E-state index is 10.5. The largest absolute Gasteiger partial charge is 0.456 e. The Labute approximate surface area is 67.6 Å². The van der Waals surface area contributed by atoms with Crippen LogP contribution in [0.25, 0.3) is 10.4 Å². The van der Waals surface area contributed by atoms with Gasteiger partial charge in [0.15, 0.2) is 5.76 Å². The Kier molecular flexibility index (Phi) is 2.35. The van der Waals surface area contributed by atoms with Gasteiger partial charge in [-0.05, 0) is 17.7 Å². The Morgan fingerprint density at radius 3 is 3.00 bits per heavy atom. The Balaban J connectivity index is 2.77. The summed E-state index contributed by atoms with van der Waals surface area (Å²) in [6, 6.07) is 2.97. The van der Waals surface area contributed by atoms with E-state index in [1.54, 1.807) is 0 Å². The zero-order valence-corrected chi connectivity index (χ0v) is 6.10. The number of carbonyl (C=O) groups excluding carboxylic acids is 1. The molecule has 0 fully saturated rings. The summed E-state index contributed by atoms with van der Waals surface area (Å²) < 4.78 is 4.91.